The molecule has 0 unspecified atom stereocenters. The van der Waals surface area contributed by atoms with E-state index < -0.39 is 0 Å². The molecule has 1 amide bonds. The maximum absolute atomic E-state index is 12.5. The largest absolute Gasteiger partial charge is 0.351 e. The molecule has 3 rings (SSSR count). The zero-order valence-electron chi connectivity index (χ0n) is 13.4. The molecule has 5 heteroatoms. The van der Waals surface area contributed by atoms with E-state index in [4.69, 9.17) is 11.6 Å². The molecule has 0 radical (unpaired) electrons. The van der Waals surface area contributed by atoms with Gasteiger partial charge in [0.2, 0.25) is 0 Å². The Morgan fingerprint density at radius 2 is 1.83 bits per heavy atom. The lowest BCUT2D eigenvalue weighted by molar-refractivity contribution is 0.0946. The molecule has 0 atom stereocenters. The van der Waals surface area contributed by atoms with Crippen molar-refractivity contribution in [3.8, 4) is 16.9 Å². The van der Waals surface area contributed by atoms with Gasteiger partial charge in [-0.1, -0.05) is 61.0 Å². The van der Waals surface area contributed by atoms with Gasteiger partial charge >= 0.3 is 0 Å². The highest BCUT2D eigenvalue weighted by Crippen LogP contribution is 2.25. The van der Waals surface area contributed by atoms with Gasteiger partial charge in [-0.15, -0.1) is 0 Å². The van der Waals surface area contributed by atoms with Crippen molar-refractivity contribution >= 4 is 17.5 Å². The van der Waals surface area contributed by atoms with E-state index in [-0.39, 0.29) is 5.91 Å². The van der Waals surface area contributed by atoms with Crippen LogP contribution in [0.15, 0.2) is 60.7 Å². The number of para-hydroxylation sites is 1. The molecule has 1 heterocycles. The van der Waals surface area contributed by atoms with Crippen molar-refractivity contribution < 1.29 is 4.79 Å². The Labute approximate surface area is 146 Å². The van der Waals surface area contributed by atoms with Crippen molar-refractivity contribution in [1.29, 1.82) is 0 Å². The normalized spacial score (nSPS) is 10.6. The van der Waals surface area contributed by atoms with Gasteiger partial charge in [-0.2, -0.15) is 5.10 Å². The van der Waals surface area contributed by atoms with E-state index in [2.05, 4.69) is 10.4 Å². The van der Waals surface area contributed by atoms with Crippen molar-refractivity contribution in [3.63, 3.8) is 0 Å². The number of nitrogens with zero attached hydrogens (tertiary/aromatic N) is 2. The smallest absolute Gasteiger partial charge is 0.270 e. The van der Waals surface area contributed by atoms with Crippen molar-refractivity contribution in [2.45, 2.75) is 13.3 Å². The monoisotopic (exact) mass is 339 g/mol. The van der Waals surface area contributed by atoms with Crippen LogP contribution in [0.4, 0.5) is 0 Å². The summed E-state index contributed by atoms with van der Waals surface area (Å²) in [4.78, 5) is 12.5. The van der Waals surface area contributed by atoms with Crippen LogP contribution in [0.1, 0.15) is 23.8 Å². The van der Waals surface area contributed by atoms with Crippen LogP contribution < -0.4 is 5.32 Å². The van der Waals surface area contributed by atoms with Crippen LogP contribution >= 0.6 is 11.6 Å². The van der Waals surface area contributed by atoms with Crippen molar-refractivity contribution in [2.24, 2.45) is 0 Å². The van der Waals surface area contributed by atoms with Crippen LogP contribution in [-0.2, 0) is 0 Å². The van der Waals surface area contributed by atoms with Gasteiger partial charge in [-0.3, -0.25) is 4.79 Å². The maximum atomic E-state index is 12.5. The number of rotatable bonds is 5. The van der Waals surface area contributed by atoms with Gasteiger partial charge in [0.1, 0.15) is 5.69 Å². The number of carbonyl (C=O) groups excluding carboxylic acids is 1. The number of halogens is 1. The molecule has 0 bridgehead atoms. The van der Waals surface area contributed by atoms with Crippen molar-refractivity contribution in [1.82, 2.24) is 15.1 Å². The second-order valence-electron chi connectivity index (χ2n) is 5.40. The quantitative estimate of drug-likeness (QED) is 0.752. The van der Waals surface area contributed by atoms with E-state index in [0.717, 1.165) is 17.7 Å². The third-order valence-electron chi connectivity index (χ3n) is 3.63. The minimum absolute atomic E-state index is 0.161. The molecular formula is C19H18ClN3O. The minimum Gasteiger partial charge on any atom is -0.351 e. The van der Waals surface area contributed by atoms with Crippen LogP contribution in [0.5, 0.6) is 0 Å². The van der Waals surface area contributed by atoms with Crippen LogP contribution in [0.25, 0.3) is 16.9 Å². The Balaban J connectivity index is 2.10. The highest BCUT2D eigenvalue weighted by Gasteiger charge is 2.18. The van der Waals surface area contributed by atoms with Crippen LogP contribution in [-0.4, -0.2) is 22.2 Å². The van der Waals surface area contributed by atoms with Gasteiger partial charge in [0, 0.05) is 12.1 Å². The standard InChI is InChI=1S/C19H18ClN3O/c1-2-12-21-19(24)18-13-16(14-8-4-3-5-9-14)22-23(18)17-11-7-6-10-15(17)20/h3-11,13H,2,12H2,1H3,(H,21,24). The molecule has 0 aliphatic carbocycles. The summed E-state index contributed by atoms with van der Waals surface area (Å²) in [6.45, 7) is 2.63. The third kappa shape index (κ3) is 3.34. The summed E-state index contributed by atoms with van der Waals surface area (Å²) >= 11 is 6.30. The lowest BCUT2D eigenvalue weighted by Crippen LogP contribution is -2.26. The molecule has 1 N–H and O–H groups in total. The van der Waals surface area contributed by atoms with E-state index in [1.165, 1.54) is 0 Å². The summed E-state index contributed by atoms with van der Waals surface area (Å²) in [5, 5.41) is 8.06. The molecule has 1 aromatic heterocycles. The van der Waals surface area contributed by atoms with Gasteiger partial charge in [0.15, 0.2) is 0 Å². The molecule has 0 saturated heterocycles. The Kier molecular flexibility index (Phi) is 4.96. The fourth-order valence-electron chi connectivity index (χ4n) is 2.43. The predicted octanol–water partition coefficient (Wildman–Crippen LogP) is 4.33. The van der Waals surface area contributed by atoms with Gasteiger partial charge in [0.25, 0.3) is 5.91 Å². The molecule has 4 nitrogen and oxygen atoms in total. The Morgan fingerprint density at radius 3 is 2.54 bits per heavy atom. The summed E-state index contributed by atoms with van der Waals surface area (Å²) in [5.74, 6) is -0.161. The third-order valence-corrected chi connectivity index (χ3v) is 3.95. The first-order valence-electron chi connectivity index (χ1n) is 7.89. The number of nitrogens with one attached hydrogen (secondary N) is 1. The molecule has 0 aliphatic heterocycles. The zero-order chi connectivity index (χ0) is 16.9. The van der Waals surface area contributed by atoms with E-state index >= 15 is 0 Å². The average Bonchev–Trinajstić information content (AvgIpc) is 3.06. The zero-order valence-corrected chi connectivity index (χ0v) is 14.1. The molecular weight excluding hydrogens is 322 g/mol. The van der Waals surface area contributed by atoms with Crippen LogP contribution in [0, 0.1) is 0 Å². The van der Waals surface area contributed by atoms with Gasteiger partial charge in [0.05, 0.1) is 16.4 Å². The average molecular weight is 340 g/mol. The summed E-state index contributed by atoms with van der Waals surface area (Å²) in [7, 11) is 0. The number of amides is 1. The second kappa shape index (κ2) is 7.32. The lowest BCUT2D eigenvalue weighted by Gasteiger charge is -2.09. The number of carbonyl (C=O) groups is 1. The highest BCUT2D eigenvalue weighted by molar-refractivity contribution is 6.32. The molecule has 0 aliphatic rings. The first-order valence-corrected chi connectivity index (χ1v) is 8.27. The molecule has 0 fully saturated rings. The summed E-state index contributed by atoms with van der Waals surface area (Å²) in [5.41, 5.74) is 2.84. The Morgan fingerprint density at radius 1 is 1.12 bits per heavy atom. The van der Waals surface area contributed by atoms with E-state index in [1.54, 1.807) is 16.8 Å². The molecule has 2 aromatic carbocycles. The Bertz CT molecular complexity index is 843. The number of benzene rings is 2. The molecule has 0 spiro atoms. The van der Waals surface area contributed by atoms with E-state index in [1.807, 2.05) is 55.5 Å². The van der Waals surface area contributed by atoms with Gasteiger partial charge in [-0.05, 0) is 24.6 Å². The Hall–Kier alpha value is -2.59. The first kappa shape index (κ1) is 16.3. The second-order valence-corrected chi connectivity index (χ2v) is 5.81. The van der Waals surface area contributed by atoms with Gasteiger partial charge in [-0.25, -0.2) is 4.68 Å². The minimum atomic E-state index is -0.161. The van der Waals surface area contributed by atoms with E-state index in [9.17, 15) is 4.79 Å². The summed E-state index contributed by atoms with van der Waals surface area (Å²) in [6, 6.07) is 18.9. The molecule has 3 aromatic rings. The first-order chi connectivity index (χ1) is 11.7. The number of hydrogen-bond donors (Lipinski definition) is 1. The van der Waals surface area contributed by atoms with Crippen LogP contribution in [0.2, 0.25) is 5.02 Å². The summed E-state index contributed by atoms with van der Waals surface area (Å²) in [6.07, 6.45) is 0.873. The predicted molar refractivity (Wildman–Crippen MR) is 96.6 cm³/mol. The molecule has 0 saturated carbocycles. The number of hydrogen-bond acceptors (Lipinski definition) is 2. The van der Waals surface area contributed by atoms with Crippen LogP contribution in [0.3, 0.4) is 0 Å². The van der Waals surface area contributed by atoms with Crippen molar-refractivity contribution in [3.05, 3.63) is 71.4 Å². The lowest BCUT2D eigenvalue weighted by atomic mass is 10.1. The fraction of sp³-hybridized carbons (Fsp3) is 0.158. The molecule has 24 heavy (non-hydrogen) atoms. The molecule has 122 valence electrons. The summed E-state index contributed by atoms with van der Waals surface area (Å²) < 4.78 is 1.61. The van der Waals surface area contributed by atoms with Crippen molar-refractivity contribution in [2.75, 3.05) is 6.54 Å². The maximum Gasteiger partial charge on any atom is 0.270 e. The van der Waals surface area contributed by atoms with E-state index in [0.29, 0.717) is 22.9 Å². The topological polar surface area (TPSA) is 46.9 Å². The van der Waals surface area contributed by atoms with Gasteiger partial charge < -0.3 is 5.32 Å². The SMILES string of the molecule is CCCNC(=O)c1cc(-c2ccccc2)nn1-c1ccccc1Cl. The fourth-order valence-corrected chi connectivity index (χ4v) is 2.64. The highest BCUT2D eigenvalue weighted by atomic mass is 35.5. The number of aromatic nitrogens is 2.